The number of hydrogen-bond acceptors (Lipinski definition) is 3. The van der Waals surface area contributed by atoms with E-state index in [1.54, 1.807) is 6.07 Å². The molecule has 0 bridgehead atoms. The molecule has 25 heavy (non-hydrogen) atoms. The Bertz CT molecular complexity index is 585. The van der Waals surface area contributed by atoms with Crippen molar-refractivity contribution in [3.63, 3.8) is 0 Å². The zero-order valence-corrected chi connectivity index (χ0v) is 16.5. The van der Waals surface area contributed by atoms with Crippen LogP contribution in [0.2, 0.25) is 0 Å². The third-order valence-electron chi connectivity index (χ3n) is 4.63. The minimum absolute atomic E-state index is 0.0791. The Morgan fingerprint density at radius 1 is 0.880 bits per heavy atom. The van der Waals surface area contributed by atoms with Gasteiger partial charge < -0.3 is 5.11 Å². The zero-order valence-electron chi connectivity index (χ0n) is 15.7. The monoisotopic (exact) mass is 369 g/mol. The van der Waals surface area contributed by atoms with Crippen molar-refractivity contribution >= 4 is 10.0 Å². The van der Waals surface area contributed by atoms with E-state index in [9.17, 15) is 8.42 Å². The minimum atomic E-state index is -3.73. The number of aliphatic hydroxyl groups is 1. The molecular formula is C20H35NO3S. The maximum Gasteiger partial charge on any atom is 0.238 e. The minimum Gasteiger partial charge on any atom is -0.396 e. The van der Waals surface area contributed by atoms with Crippen LogP contribution in [0.5, 0.6) is 0 Å². The van der Waals surface area contributed by atoms with Crippen LogP contribution in [0.3, 0.4) is 0 Å². The molecule has 3 N–H and O–H groups in total. The summed E-state index contributed by atoms with van der Waals surface area (Å²) in [6.07, 6.45) is 14.3. The zero-order chi connectivity index (χ0) is 18.5. The lowest BCUT2D eigenvalue weighted by Crippen LogP contribution is -2.15. The summed E-state index contributed by atoms with van der Waals surface area (Å²) in [6.45, 7) is 2.17. The fourth-order valence-corrected chi connectivity index (χ4v) is 3.98. The summed E-state index contributed by atoms with van der Waals surface area (Å²) in [6, 6.07) is 5.30. The van der Waals surface area contributed by atoms with Gasteiger partial charge in [0.25, 0.3) is 0 Å². The van der Waals surface area contributed by atoms with Crippen molar-refractivity contribution in [1.82, 2.24) is 0 Å². The number of nitrogens with two attached hydrogens (primary N) is 1. The lowest BCUT2D eigenvalue weighted by Gasteiger charge is -2.10. The number of aliphatic hydroxyl groups excluding tert-OH is 1. The smallest absolute Gasteiger partial charge is 0.238 e. The van der Waals surface area contributed by atoms with Gasteiger partial charge in [-0.05, 0) is 36.5 Å². The van der Waals surface area contributed by atoms with Crippen molar-refractivity contribution in [3.8, 4) is 0 Å². The van der Waals surface area contributed by atoms with E-state index in [2.05, 4.69) is 6.92 Å². The van der Waals surface area contributed by atoms with E-state index in [-0.39, 0.29) is 11.5 Å². The van der Waals surface area contributed by atoms with Gasteiger partial charge in [0.2, 0.25) is 10.0 Å². The molecule has 1 aromatic rings. The molecule has 0 spiro atoms. The molecule has 0 fully saturated rings. The lowest BCUT2D eigenvalue weighted by atomic mass is 10.0. The Kier molecular flexibility index (Phi) is 11.0. The molecule has 0 unspecified atom stereocenters. The number of aryl methyl sites for hydroxylation is 1. The van der Waals surface area contributed by atoms with Gasteiger partial charge in [-0.3, -0.25) is 0 Å². The molecule has 1 aromatic carbocycles. The normalized spacial score (nSPS) is 11.8. The molecular weight excluding hydrogens is 334 g/mol. The topological polar surface area (TPSA) is 80.4 Å². The first-order chi connectivity index (χ1) is 12.0. The van der Waals surface area contributed by atoms with Gasteiger partial charge in [0.05, 0.1) is 4.90 Å². The summed E-state index contributed by atoms with van der Waals surface area (Å²) >= 11 is 0. The standard InChI is InChI=1S/C20H35NO3S/c1-2-3-4-5-6-7-8-9-10-11-12-18-13-14-20(25(21,23)24)19(17-18)15-16-22/h13-14,17,22H,2-12,15-16H2,1H3,(H2,21,23,24). The molecule has 4 nitrogen and oxygen atoms in total. The number of hydrogen-bond donors (Lipinski definition) is 2. The first-order valence-corrected chi connectivity index (χ1v) is 11.3. The Labute approximate surface area is 153 Å². The molecule has 0 heterocycles. The molecule has 0 saturated carbocycles. The molecule has 0 aliphatic heterocycles. The van der Waals surface area contributed by atoms with E-state index in [1.165, 1.54) is 57.8 Å². The van der Waals surface area contributed by atoms with Gasteiger partial charge in [0.15, 0.2) is 0 Å². The first-order valence-electron chi connectivity index (χ1n) is 9.74. The van der Waals surface area contributed by atoms with E-state index in [4.69, 9.17) is 10.2 Å². The summed E-state index contributed by atoms with van der Waals surface area (Å²) in [4.78, 5) is 0.133. The van der Waals surface area contributed by atoms with E-state index < -0.39 is 10.0 Å². The van der Waals surface area contributed by atoms with Gasteiger partial charge >= 0.3 is 0 Å². The summed E-state index contributed by atoms with van der Waals surface area (Å²) in [5.41, 5.74) is 1.74. The third kappa shape index (κ3) is 9.38. The molecule has 0 aliphatic rings. The Morgan fingerprint density at radius 2 is 1.44 bits per heavy atom. The first kappa shape index (κ1) is 22.1. The maximum atomic E-state index is 11.6. The van der Waals surface area contributed by atoms with Crippen molar-refractivity contribution in [2.75, 3.05) is 6.61 Å². The molecule has 0 radical (unpaired) electrons. The Hall–Kier alpha value is -0.910. The van der Waals surface area contributed by atoms with Gasteiger partial charge in [0, 0.05) is 6.61 Å². The van der Waals surface area contributed by atoms with Crippen LogP contribution in [-0.2, 0) is 22.9 Å². The molecule has 0 aliphatic carbocycles. The SMILES string of the molecule is CCCCCCCCCCCCc1ccc(S(N)(=O)=O)c(CCO)c1. The number of benzene rings is 1. The van der Waals surface area contributed by atoms with Crippen LogP contribution in [-0.4, -0.2) is 20.1 Å². The van der Waals surface area contributed by atoms with Crippen LogP contribution in [0.15, 0.2) is 23.1 Å². The average Bonchev–Trinajstić information content (AvgIpc) is 2.56. The van der Waals surface area contributed by atoms with Crippen LogP contribution >= 0.6 is 0 Å². The van der Waals surface area contributed by atoms with Crippen molar-refractivity contribution < 1.29 is 13.5 Å². The molecule has 1 rings (SSSR count). The van der Waals surface area contributed by atoms with E-state index in [1.807, 2.05) is 12.1 Å². The summed E-state index contributed by atoms with van der Waals surface area (Å²) < 4.78 is 23.2. The van der Waals surface area contributed by atoms with Crippen molar-refractivity contribution in [1.29, 1.82) is 0 Å². The van der Waals surface area contributed by atoms with Gasteiger partial charge in [-0.15, -0.1) is 0 Å². The Balaban J connectivity index is 2.30. The highest BCUT2D eigenvalue weighted by atomic mass is 32.2. The predicted molar refractivity (Wildman–Crippen MR) is 104 cm³/mol. The van der Waals surface area contributed by atoms with Crippen molar-refractivity contribution in [3.05, 3.63) is 29.3 Å². The largest absolute Gasteiger partial charge is 0.396 e. The van der Waals surface area contributed by atoms with Crippen molar-refractivity contribution in [2.45, 2.75) is 88.9 Å². The second-order valence-electron chi connectivity index (χ2n) is 6.89. The van der Waals surface area contributed by atoms with E-state index in [0.717, 1.165) is 18.4 Å². The van der Waals surface area contributed by atoms with E-state index >= 15 is 0 Å². The molecule has 144 valence electrons. The summed E-state index contributed by atoms with van der Waals surface area (Å²) in [7, 11) is -3.73. The molecule has 0 aromatic heterocycles. The maximum absolute atomic E-state index is 11.6. The average molecular weight is 370 g/mol. The quantitative estimate of drug-likeness (QED) is 0.479. The predicted octanol–water partition coefficient (Wildman–Crippen LogP) is 4.33. The van der Waals surface area contributed by atoms with Crippen LogP contribution in [0.25, 0.3) is 0 Å². The molecule has 0 saturated heterocycles. The highest BCUT2D eigenvalue weighted by Gasteiger charge is 2.13. The van der Waals surface area contributed by atoms with Gasteiger partial charge in [0.1, 0.15) is 0 Å². The second-order valence-corrected chi connectivity index (χ2v) is 8.42. The van der Waals surface area contributed by atoms with Gasteiger partial charge in [-0.2, -0.15) is 0 Å². The van der Waals surface area contributed by atoms with Crippen molar-refractivity contribution in [2.24, 2.45) is 5.14 Å². The number of primary sulfonamides is 1. The Morgan fingerprint density at radius 3 is 1.96 bits per heavy atom. The van der Waals surface area contributed by atoms with Crippen LogP contribution in [0.1, 0.15) is 82.3 Å². The second kappa shape index (κ2) is 12.4. The van der Waals surface area contributed by atoms with Crippen LogP contribution in [0.4, 0.5) is 0 Å². The highest BCUT2D eigenvalue weighted by molar-refractivity contribution is 7.89. The van der Waals surface area contributed by atoms with E-state index in [0.29, 0.717) is 12.0 Å². The van der Waals surface area contributed by atoms with Crippen LogP contribution in [0, 0.1) is 0 Å². The van der Waals surface area contributed by atoms with Gasteiger partial charge in [-0.25, -0.2) is 13.6 Å². The van der Waals surface area contributed by atoms with Crippen LogP contribution < -0.4 is 5.14 Å². The molecule has 0 atom stereocenters. The number of unbranched alkanes of at least 4 members (excludes halogenated alkanes) is 9. The third-order valence-corrected chi connectivity index (χ3v) is 5.64. The fraction of sp³-hybridized carbons (Fsp3) is 0.700. The highest BCUT2D eigenvalue weighted by Crippen LogP contribution is 2.19. The van der Waals surface area contributed by atoms with Gasteiger partial charge in [-0.1, -0.05) is 76.8 Å². The lowest BCUT2D eigenvalue weighted by molar-refractivity contribution is 0.298. The molecule has 5 heteroatoms. The number of rotatable bonds is 14. The summed E-state index contributed by atoms with van der Waals surface area (Å²) in [5.74, 6) is 0. The summed E-state index contributed by atoms with van der Waals surface area (Å²) in [5, 5.41) is 14.4. The fourth-order valence-electron chi connectivity index (χ4n) is 3.20. The molecule has 0 amide bonds. The number of sulfonamides is 1.